The van der Waals surface area contributed by atoms with Crippen LogP contribution >= 0.6 is 0 Å². The molecule has 66 valence electrons. The van der Waals surface area contributed by atoms with Crippen molar-refractivity contribution in [3.8, 4) is 0 Å². The van der Waals surface area contributed by atoms with Gasteiger partial charge in [-0.15, -0.1) is 0 Å². The van der Waals surface area contributed by atoms with Gasteiger partial charge in [-0.05, 0) is 18.6 Å². The van der Waals surface area contributed by atoms with Crippen molar-refractivity contribution in [3.05, 3.63) is 36.1 Å². The molecule has 3 heteroatoms. The zero-order valence-electron chi connectivity index (χ0n) is 7.20. The Balaban J connectivity index is 4.20. The van der Waals surface area contributed by atoms with E-state index in [1.807, 2.05) is 0 Å². The molecule has 0 bridgehead atoms. The average molecular weight is 168 g/mol. The maximum Gasteiger partial charge on any atom is 0.328 e. The number of carbonyl (C=O) groups is 1. The summed E-state index contributed by atoms with van der Waals surface area (Å²) in [6.45, 7) is 5.33. The summed E-state index contributed by atoms with van der Waals surface area (Å²) in [4.78, 5) is 10.1. The van der Waals surface area contributed by atoms with Crippen molar-refractivity contribution in [2.75, 3.05) is 7.11 Å². The smallest absolute Gasteiger partial charge is 0.328 e. The first-order valence-corrected chi connectivity index (χ1v) is 3.38. The molecule has 0 atom stereocenters. The van der Waals surface area contributed by atoms with Gasteiger partial charge in [-0.25, -0.2) is 4.79 Å². The van der Waals surface area contributed by atoms with Crippen LogP contribution < -0.4 is 0 Å². The Morgan fingerprint density at radius 3 is 2.50 bits per heavy atom. The molecular formula is C9H12O3. The third kappa shape index (κ3) is 5.29. The van der Waals surface area contributed by atoms with E-state index in [1.54, 1.807) is 13.0 Å². The first-order valence-electron chi connectivity index (χ1n) is 3.38. The molecule has 0 fully saturated rings. The Morgan fingerprint density at radius 2 is 2.08 bits per heavy atom. The zero-order chi connectivity index (χ0) is 9.56. The normalized spacial score (nSPS) is 11.7. The van der Waals surface area contributed by atoms with Gasteiger partial charge >= 0.3 is 5.97 Å². The largest absolute Gasteiger partial charge is 0.497 e. The second-order valence-corrected chi connectivity index (χ2v) is 2.23. The van der Waals surface area contributed by atoms with Crippen LogP contribution in [0.25, 0.3) is 0 Å². The van der Waals surface area contributed by atoms with E-state index in [-0.39, 0.29) is 0 Å². The fraction of sp³-hybridized carbons (Fsp3) is 0.222. The summed E-state index contributed by atoms with van der Waals surface area (Å²) in [7, 11) is 1.51. The van der Waals surface area contributed by atoms with Crippen LogP contribution in [0.2, 0.25) is 0 Å². The lowest BCUT2D eigenvalue weighted by Crippen LogP contribution is -1.86. The maximum atomic E-state index is 10.1. The van der Waals surface area contributed by atoms with E-state index in [0.29, 0.717) is 5.76 Å². The van der Waals surface area contributed by atoms with Gasteiger partial charge in [0.1, 0.15) is 5.76 Å². The Bertz CT molecular complexity index is 236. The summed E-state index contributed by atoms with van der Waals surface area (Å²) in [5, 5.41) is 8.29. The number of methoxy groups -OCH3 is 1. The Kier molecular flexibility index (Phi) is 4.53. The fourth-order valence-electron chi connectivity index (χ4n) is 0.564. The molecular weight excluding hydrogens is 156 g/mol. The first kappa shape index (κ1) is 10.5. The highest BCUT2D eigenvalue weighted by Crippen LogP contribution is 2.01. The summed E-state index contributed by atoms with van der Waals surface area (Å²) in [5.41, 5.74) is 0.782. The molecule has 0 aliphatic heterocycles. The second kappa shape index (κ2) is 5.18. The van der Waals surface area contributed by atoms with Crippen molar-refractivity contribution >= 4 is 5.97 Å². The standard InChI is InChI=1S/C9H12O3/c1-7(4-5-9(10)11)6-8(2)12-3/h4-6H,2H2,1,3H3,(H,10,11)/b5-4+,7-6+. The molecule has 0 rings (SSSR count). The predicted molar refractivity (Wildman–Crippen MR) is 46.7 cm³/mol. The molecule has 0 heterocycles. The summed E-state index contributed by atoms with van der Waals surface area (Å²) in [5.74, 6) is -0.465. The zero-order valence-corrected chi connectivity index (χ0v) is 7.20. The number of carboxylic acid groups (broad SMARTS) is 1. The molecule has 0 aromatic rings. The van der Waals surface area contributed by atoms with Crippen molar-refractivity contribution in [1.82, 2.24) is 0 Å². The van der Waals surface area contributed by atoms with Crippen LogP contribution in [0, 0.1) is 0 Å². The van der Waals surface area contributed by atoms with Gasteiger partial charge in [0.15, 0.2) is 0 Å². The topological polar surface area (TPSA) is 46.5 Å². The summed E-state index contributed by atoms with van der Waals surface area (Å²) in [6, 6.07) is 0. The molecule has 0 radical (unpaired) electrons. The van der Waals surface area contributed by atoms with Gasteiger partial charge in [0.2, 0.25) is 0 Å². The highest BCUT2D eigenvalue weighted by Gasteiger charge is 1.88. The lowest BCUT2D eigenvalue weighted by atomic mass is 10.2. The molecule has 0 aliphatic rings. The highest BCUT2D eigenvalue weighted by molar-refractivity contribution is 5.80. The van der Waals surface area contributed by atoms with E-state index in [9.17, 15) is 4.79 Å². The lowest BCUT2D eigenvalue weighted by molar-refractivity contribution is -0.131. The number of aliphatic carboxylic acids is 1. The average Bonchev–Trinajstić information content (AvgIpc) is 2.00. The third-order valence-electron chi connectivity index (χ3n) is 1.14. The molecule has 0 aromatic carbocycles. The Labute approximate surface area is 71.7 Å². The van der Waals surface area contributed by atoms with Gasteiger partial charge < -0.3 is 9.84 Å². The van der Waals surface area contributed by atoms with Gasteiger partial charge in [0, 0.05) is 6.08 Å². The van der Waals surface area contributed by atoms with Gasteiger partial charge in [-0.1, -0.05) is 12.7 Å². The molecule has 12 heavy (non-hydrogen) atoms. The number of carboxylic acids is 1. The summed E-state index contributed by atoms with van der Waals surface area (Å²) < 4.78 is 4.78. The van der Waals surface area contributed by atoms with Crippen molar-refractivity contribution < 1.29 is 14.6 Å². The van der Waals surface area contributed by atoms with E-state index < -0.39 is 5.97 Å². The van der Waals surface area contributed by atoms with Crippen molar-refractivity contribution in [1.29, 1.82) is 0 Å². The predicted octanol–water partition coefficient (Wildman–Crippen LogP) is 1.73. The van der Waals surface area contributed by atoms with Crippen LogP contribution in [0.1, 0.15) is 6.92 Å². The number of hydrogen-bond acceptors (Lipinski definition) is 2. The third-order valence-corrected chi connectivity index (χ3v) is 1.14. The molecule has 1 N–H and O–H groups in total. The van der Waals surface area contributed by atoms with E-state index in [4.69, 9.17) is 9.84 Å². The minimum Gasteiger partial charge on any atom is -0.497 e. The van der Waals surface area contributed by atoms with Crippen molar-refractivity contribution in [2.24, 2.45) is 0 Å². The molecule has 0 amide bonds. The molecule has 3 nitrogen and oxygen atoms in total. The first-order chi connectivity index (χ1) is 5.56. The Hall–Kier alpha value is -1.51. The van der Waals surface area contributed by atoms with Crippen LogP contribution in [0.15, 0.2) is 36.1 Å². The Morgan fingerprint density at radius 1 is 1.50 bits per heavy atom. The molecule has 0 spiro atoms. The van der Waals surface area contributed by atoms with Crippen LogP contribution in [0.3, 0.4) is 0 Å². The maximum absolute atomic E-state index is 10.1. The van der Waals surface area contributed by atoms with E-state index in [2.05, 4.69) is 6.58 Å². The number of rotatable bonds is 4. The van der Waals surface area contributed by atoms with Crippen LogP contribution in [-0.4, -0.2) is 18.2 Å². The lowest BCUT2D eigenvalue weighted by Gasteiger charge is -1.96. The molecule has 0 saturated heterocycles. The van der Waals surface area contributed by atoms with E-state index >= 15 is 0 Å². The van der Waals surface area contributed by atoms with Crippen LogP contribution in [0.5, 0.6) is 0 Å². The quantitative estimate of drug-likeness (QED) is 0.395. The van der Waals surface area contributed by atoms with Gasteiger partial charge in [-0.3, -0.25) is 0 Å². The second-order valence-electron chi connectivity index (χ2n) is 2.23. The van der Waals surface area contributed by atoms with E-state index in [1.165, 1.54) is 13.2 Å². The van der Waals surface area contributed by atoms with Gasteiger partial charge in [-0.2, -0.15) is 0 Å². The van der Waals surface area contributed by atoms with Crippen molar-refractivity contribution in [3.63, 3.8) is 0 Å². The summed E-state index contributed by atoms with van der Waals surface area (Å²) in [6.07, 6.45) is 4.20. The minimum atomic E-state index is -0.967. The van der Waals surface area contributed by atoms with Crippen LogP contribution in [-0.2, 0) is 9.53 Å². The summed E-state index contributed by atoms with van der Waals surface area (Å²) >= 11 is 0. The molecule has 0 aliphatic carbocycles. The number of hydrogen-bond donors (Lipinski definition) is 1. The highest BCUT2D eigenvalue weighted by atomic mass is 16.5. The van der Waals surface area contributed by atoms with Gasteiger partial charge in [0.25, 0.3) is 0 Å². The van der Waals surface area contributed by atoms with Crippen LogP contribution in [0.4, 0.5) is 0 Å². The number of ether oxygens (including phenoxy) is 1. The SMILES string of the molecule is C=C(/C=C(C)/C=C/C(=O)O)OC. The molecule has 0 saturated carbocycles. The molecule has 0 aromatic heterocycles. The monoisotopic (exact) mass is 168 g/mol. The van der Waals surface area contributed by atoms with E-state index in [0.717, 1.165) is 11.6 Å². The number of allylic oxidation sites excluding steroid dienone is 3. The molecule has 0 unspecified atom stereocenters. The fourth-order valence-corrected chi connectivity index (χ4v) is 0.564. The van der Waals surface area contributed by atoms with Crippen molar-refractivity contribution in [2.45, 2.75) is 6.92 Å². The van der Waals surface area contributed by atoms with Gasteiger partial charge in [0.05, 0.1) is 7.11 Å². The minimum absolute atomic E-state index is 0.502.